The van der Waals surface area contributed by atoms with E-state index >= 15 is 0 Å². The van der Waals surface area contributed by atoms with Crippen LogP contribution in [0.25, 0.3) is 11.1 Å². The van der Waals surface area contributed by atoms with Gasteiger partial charge in [-0.1, -0.05) is 66.8 Å². The molecule has 1 aliphatic carbocycles. The molecular formula is C24H25Cl. The van der Waals surface area contributed by atoms with Gasteiger partial charge >= 0.3 is 0 Å². The van der Waals surface area contributed by atoms with Crippen LogP contribution in [0.4, 0.5) is 0 Å². The molecule has 0 aromatic heterocycles. The smallest absolute Gasteiger partial charge is 0.0406 e. The Hall–Kier alpha value is -1.97. The molecule has 2 aromatic carbocycles. The number of allylic oxidation sites excluding steroid dienone is 2. The fourth-order valence-electron chi connectivity index (χ4n) is 3.36. The van der Waals surface area contributed by atoms with E-state index in [9.17, 15) is 0 Å². The molecule has 0 saturated heterocycles. The van der Waals surface area contributed by atoms with E-state index < -0.39 is 0 Å². The molecule has 0 bridgehead atoms. The maximum atomic E-state index is 5.95. The molecule has 0 amide bonds. The Morgan fingerprint density at radius 3 is 2.12 bits per heavy atom. The Morgan fingerprint density at radius 2 is 1.52 bits per heavy atom. The van der Waals surface area contributed by atoms with Gasteiger partial charge in [-0.25, -0.2) is 0 Å². The van der Waals surface area contributed by atoms with Gasteiger partial charge < -0.3 is 0 Å². The summed E-state index contributed by atoms with van der Waals surface area (Å²) in [6.45, 7) is 2.20. The van der Waals surface area contributed by atoms with Crippen LogP contribution in [0.2, 0.25) is 5.02 Å². The van der Waals surface area contributed by atoms with Crippen molar-refractivity contribution >= 4 is 11.6 Å². The molecule has 128 valence electrons. The summed E-state index contributed by atoms with van der Waals surface area (Å²) in [5.41, 5.74) is 3.48. The standard InChI is InChI=1S/C24H25Cl/c1-2-3-4-19-5-7-20(8-6-19)9-10-21-11-13-22(14-12-21)23-15-17-24(25)18-16-23/h3-4,11-20H,2,5-8H2,1H3. The summed E-state index contributed by atoms with van der Waals surface area (Å²) in [6.07, 6.45) is 10.9. The van der Waals surface area contributed by atoms with Crippen LogP contribution in [-0.4, -0.2) is 0 Å². The van der Waals surface area contributed by atoms with Crippen molar-refractivity contribution in [1.29, 1.82) is 0 Å². The summed E-state index contributed by atoms with van der Waals surface area (Å²) in [7, 11) is 0. The molecule has 0 N–H and O–H groups in total. The molecule has 0 atom stereocenters. The fourth-order valence-corrected chi connectivity index (χ4v) is 3.48. The molecule has 0 heterocycles. The van der Waals surface area contributed by atoms with Gasteiger partial charge in [-0.05, 0) is 73.4 Å². The van der Waals surface area contributed by atoms with Crippen molar-refractivity contribution in [2.24, 2.45) is 11.8 Å². The zero-order chi connectivity index (χ0) is 17.5. The topological polar surface area (TPSA) is 0 Å². The highest BCUT2D eigenvalue weighted by atomic mass is 35.5. The van der Waals surface area contributed by atoms with Crippen molar-refractivity contribution in [2.45, 2.75) is 39.0 Å². The lowest BCUT2D eigenvalue weighted by atomic mass is 9.82. The van der Waals surface area contributed by atoms with Gasteiger partial charge in [-0.3, -0.25) is 0 Å². The summed E-state index contributed by atoms with van der Waals surface area (Å²) >= 11 is 5.95. The normalized spacial score (nSPS) is 20.2. The van der Waals surface area contributed by atoms with Crippen LogP contribution in [0.3, 0.4) is 0 Å². The summed E-state index contributed by atoms with van der Waals surface area (Å²) in [5, 5.41) is 0.770. The van der Waals surface area contributed by atoms with Crippen molar-refractivity contribution in [3.8, 4) is 23.0 Å². The van der Waals surface area contributed by atoms with Gasteiger partial charge in [0.15, 0.2) is 0 Å². The predicted molar refractivity (Wildman–Crippen MR) is 109 cm³/mol. The van der Waals surface area contributed by atoms with Crippen molar-refractivity contribution in [2.75, 3.05) is 0 Å². The van der Waals surface area contributed by atoms with Crippen LogP contribution in [0.5, 0.6) is 0 Å². The third kappa shape index (κ3) is 5.25. The van der Waals surface area contributed by atoms with E-state index in [2.05, 4.69) is 67.3 Å². The van der Waals surface area contributed by atoms with Crippen molar-refractivity contribution < 1.29 is 0 Å². The Balaban J connectivity index is 1.58. The Kier molecular flexibility index (Phi) is 6.37. The van der Waals surface area contributed by atoms with Gasteiger partial charge in [-0.2, -0.15) is 0 Å². The number of hydrogen-bond acceptors (Lipinski definition) is 0. The minimum atomic E-state index is 0.558. The zero-order valence-corrected chi connectivity index (χ0v) is 15.6. The van der Waals surface area contributed by atoms with Crippen molar-refractivity contribution in [3.63, 3.8) is 0 Å². The van der Waals surface area contributed by atoms with Gasteiger partial charge in [-0.15, -0.1) is 0 Å². The number of rotatable bonds is 3. The monoisotopic (exact) mass is 348 g/mol. The Bertz CT molecular complexity index is 748. The predicted octanol–water partition coefficient (Wildman–Crippen LogP) is 7.13. The lowest BCUT2D eigenvalue weighted by Crippen LogP contribution is -2.11. The summed E-state index contributed by atoms with van der Waals surface area (Å²) < 4.78 is 0. The minimum absolute atomic E-state index is 0.558. The molecular weight excluding hydrogens is 324 g/mol. The largest absolute Gasteiger partial charge is 0.0945 e. The van der Waals surface area contributed by atoms with E-state index in [0.717, 1.165) is 22.9 Å². The Morgan fingerprint density at radius 1 is 0.920 bits per heavy atom. The van der Waals surface area contributed by atoms with Crippen LogP contribution >= 0.6 is 11.6 Å². The molecule has 3 rings (SSSR count). The molecule has 1 aliphatic rings. The second-order valence-electron chi connectivity index (χ2n) is 6.80. The molecule has 0 spiro atoms. The van der Waals surface area contributed by atoms with E-state index in [1.54, 1.807) is 0 Å². The fraction of sp³-hybridized carbons (Fsp3) is 0.333. The molecule has 1 fully saturated rings. The molecule has 0 aliphatic heterocycles. The third-order valence-corrected chi connectivity index (χ3v) is 5.15. The van der Waals surface area contributed by atoms with Gasteiger partial charge in [0, 0.05) is 16.5 Å². The average molecular weight is 349 g/mol. The zero-order valence-electron chi connectivity index (χ0n) is 14.8. The summed E-state index contributed by atoms with van der Waals surface area (Å²) in [5.74, 6) is 8.19. The van der Waals surface area contributed by atoms with Crippen molar-refractivity contribution in [1.82, 2.24) is 0 Å². The summed E-state index contributed by atoms with van der Waals surface area (Å²) in [4.78, 5) is 0. The molecule has 2 aromatic rings. The van der Waals surface area contributed by atoms with Crippen LogP contribution in [0.15, 0.2) is 60.7 Å². The highest BCUT2D eigenvalue weighted by Crippen LogP contribution is 2.29. The second kappa shape index (κ2) is 8.93. The minimum Gasteiger partial charge on any atom is -0.0945 e. The first-order valence-corrected chi connectivity index (χ1v) is 9.66. The van der Waals surface area contributed by atoms with Gasteiger partial charge in [0.2, 0.25) is 0 Å². The quantitative estimate of drug-likeness (QED) is 0.408. The van der Waals surface area contributed by atoms with E-state index in [-0.39, 0.29) is 0 Å². The molecule has 0 unspecified atom stereocenters. The number of benzene rings is 2. The second-order valence-corrected chi connectivity index (χ2v) is 7.24. The van der Waals surface area contributed by atoms with Crippen LogP contribution in [0.1, 0.15) is 44.6 Å². The maximum absolute atomic E-state index is 5.95. The van der Waals surface area contributed by atoms with Gasteiger partial charge in [0.1, 0.15) is 0 Å². The first kappa shape index (κ1) is 17.8. The molecule has 1 heteroatoms. The van der Waals surface area contributed by atoms with Crippen LogP contribution < -0.4 is 0 Å². The number of hydrogen-bond donors (Lipinski definition) is 0. The van der Waals surface area contributed by atoms with Gasteiger partial charge in [0.05, 0.1) is 0 Å². The van der Waals surface area contributed by atoms with E-state index in [0.29, 0.717) is 5.92 Å². The number of halogens is 1. The lowest BCUT2D eigenvalue weighted by Gasteiger charge is -2.23. The first-order chi connectivity index (χ1) is 12.2. The average Bonchev–Trinajstić information content (AvgIpc) is 2.67. The van der Waals surface area contributed by atoms with Crippen molar-refractivity contribution in [3.05, 3.63) is 71.3 Å². The molecule has 1 saturated carbocycles. The highest BCUT2D eigenvalue weighted by Gasteiger charge is 2.17. The summed E-state index contributed by atoms with van der Waals surface area (Å²) in [6, 6.07) is 16.5. The van der Waals surface area contributed by atoms with E-state index in [4.69, 9.17) is 11.6 Å². The lowest BCUT2D eigenvalue weighted by molar-refractivity contribution is 0.364. The van der Waals surface area contributed by atoms with E-state index in [1.807, 2.05) is 12.1 Å². The van der Waals surface area contributed by atoms with Gasteiger partial charge in [0.25, 0.3) is 0 Å². The molecule has 0 radical (unpaired) electrons. The first-order valence-electron chi connectivity index (χ1n) is 9.29. The maximum Gasteiger partial charge on any atom is 0.0406 e. The SMILES string of the molecule is CCC=CC1CCC(C#Cc2ccc(-c3ccc(Cl)cc3)cc2)CC1. The van der Waals surface area contributed by atoms with E-state index in [1.165, 1.54) is 36.8 Å². The van der Waals surface area contributed by atoms with Crippen LogP contribution in [-0.2, 0) is 0 Å². The Labute approximate surface area is 156 Å². The molecule has 0 nitrogen and oxygen atoms in total. The van der Waals surface area contributed by atoms with Crippen LogP contribution in [0, 0.1) is 23.7 Å². The third-order valence-electron chi connectivity index (χ3n) is 4.90. The highest BCUT2D eigenvalue weighted by molar-refractivity contribution is 6.30. The molecule has 25 heavy (non-hydrogen) atoms.